The molecule has 0 spiro atoms. The lowest BCUT2D eigenvalue weighted by Crippen LogP contribution is -2.49. The van der Waals surface area contributed by atoms with Crippen molar-refractivity contribution in [3.8, 4) is 11.3 Å². The Balaban J connectivity index is 1.40. The highest BCUT2D eigenvalue weighted by Crippen LogP contribution is 2.39. The van der Waals surface area contributed by atoms with E-state index in [0.29, 0.717) is 54.9 Å². The first-order valence-corrected chi connectivity index (χ1v) is 12.2. The number of amides is 1. The molecule has 0 bridgehead atoms. The minimum atomic E-state index is -4.64. The van der Waals surface area contributed by atoms with Gasteiger partial charge in [0.25, 0.3) is 0 Å². The molecule has 1 aromatic carbocycles. The zero-order chi connectivity index (χ0) is 26.5. The number of H-pyrrole nitrogens is 1. The van der Waals surface area contributed by atoms with Crippen molar-refractivity contribution in [3.05, 3.63) is 59.4 Å². The molecular weight excluding hydrogens is 501 g/mol. The fourth-order valence-electron chi connectivity index (χ4n) is 5.08. The number of ether oxygens (including phenoxy) is 1. The summed E-state index contributed by atoms with van der Waals surface area (Å²) in [4.78, 5) is 17.5. The van der Waals surface area contributed by atoms with Crippen LogP contribution in [0, 0.1) is 0 Å². The predicted molar refractivity (Wildman–Crippen MR) is 130 cm³/mol. The van der Waals surface area contributed by atoms with Gasteiger partial charge in [0, 0.05) is 49.5 Å². The van der Waals surface area contributed by atoms with E-state index in [4.69, 9.17) is 4.74 Å². The number of aromatic amines is 1. The first-order chi connectivity index (χ1) is 18.2. The topological polar surface area (TPSA) is 114 Å². The molecule has 198 valence electrons. The monoisotopic (exact) mass is 526 g/mol. The van der Waals surface area contributed by atoms with Crippen molar-refractivity contribution in [2.45, 2.75) is 24.6 Å². The number of aromatic nitrogens is 6. The number of alkyl halides is 3. The van der Waals surface area contributed by atoms with E-state index in [1.165, 1.54) is 0 Å². The third kappa shape index (κ3) is 4.41. The van der Waals surface area contributed by atoms with Gasteiger partial charge in [-0.15, -0.1) is 10.2 Å². The Morgan fingerprint density at radius 1 is 1.21 bits per heavy atom. The number of rotatable bonds is 6. The van der Waals surface area contributed by atoms with Gasteiger partial charge < -0.3 is 14.6 Å². The Labute approximate surface area is 215 Å². The molecule has 0 unspecified atom stereocenters. The van der Waals surface area contributed by atoms with Crippen LogP contribution < -0.4 is 5.32 Å². The molecule has 0 atom stereocenters. The first-order valence-electron chi connectivity index (χ1n) is 12.2. The molecule has 0 aliphatic carbocycles. The number of halogens is 3. The fraction of sp³-hybridized carbons (Fsp3) is 0.400. The van der Waals surface area contributed by atoms with Gasteiger partial charge in [0.15, 0.2) is 0 Å². The first kappa shape index (κ1) is 24.5. The number of fused-ring (bicyclic) bond motifs is 1. The molecule has 5 heterocycles. The third-order valence-electron chi connectivity index (χ3n) is 7.22. The molecular formula is C25H25F3N8O2. The second kappa shape index (κ2) is 9.17. The van der Waals surface area contributed by atoms with Gasteiger partial charge in [0.1, 0.15) is 23.5 Å². The van der Waals surface area contributed by atoms with E-state index >= 15 is 0 Å². The molecule has 2 saturated heterocycles. The van der Waals surface area contributed by atoms with E-state index in [9.17, 15) is 18.0 Å². The van der Waals surface area contributed by atoms with Gasteiger partial charge in [-0.05, 0) is 17.7 Å². The molecule has 2 aliphatic heterocycles. The van der Waals surface area contributed by atoms with E-state index in [2.05, 4.69) is 30.7 Å². The van der Waals surface area contributed by atoms with Crippen LogP contribution in [0.5, 0.6) is 0 Å². The highest BCUT2D eigenvalue weighted by molar-refractivity contribution is 5.94. The summed E-state index contributed by atoms with van der Waals surface area (Å²) in [6.45, 7) is 2.14. The molecule has 4 aromatic rings. The van der Waals surface area contributed by atoms with Crippen molar-refractivity contribution >= 4 is 16.8 Å². The van der Waals surface area contributed by atoms with Crippen LogP contribution >= 0.6 is 0 Å². The summed E-state index contributed by atoms with van der Waals surface area (Å²) >= 11 is 0. The number of benzene rings is 1. The van der Waals surface area contributed by atoms with Crippen molar-refractivity contribution in [1.82, 2.24) is 40.2 Å². The Hall–Kier alpha value is -3.84. The Morgan fingerprint density at radius 2 is 2.05 bits per heavy atom. The molecule has 0 radical (unpaired) electrons. The summed E-state index contributed by atoms with van der Waals surface area (Å²) in [5.41, 5.74) is 1.39. The number of hydrogen-bond acceptors (Lipinski definition) is 7. The largest absolute Gasteiger partial charge is 0.433 e. The van der Waals surface area contributed by atoms with E-state index < -0.39 is 11.9 Å². The van der Waals surface area contributed by atoms with Gasteiger partial charge in [0.2, 0.25) is 5.91 Å². The normalized spacial score (nSPS) is 17.9. The molecule has 38 heavy (non-hydrogen) atoms. The van der Waals surface area contributed by atoms with Gasteiger partial charge in [-0.3, -0.25) is 14.8 Å². The average Bonchev–Trinajstić information content (AvgIpc) is 3.47. The van der Waals surface area contributed by atoms with E-state index in [1.54, 1.807) is 11.2 Å². The number of carbonyl (C=O) groups is 1. The van der Waals surface area contributed by atoms with Crippen LogP contribution in [0.15, 0.2) is 36.7 Å². The van der Waals surface area contributed by atoms with E-state index in [0.717, 1.165) is 17.5 Å². The van der Waals surface area contributed by atoms with Crippen LogP contribution in [-0.4, -0.2) is 73.6 Å². The molecule has 0 saturated carbocycles. The number of carbonyl (C=O) groups excluding carboxylic acids is 1. The molecule has 3 aromatic heterocycles. The van der Waals surface area contributed by atoms with Crippen molar-refractivity contribution < 1.29 is 22.7 Å². The Bertz CT molecular complexity index is 1510. The van der Waals surface area contributed by atoms with Gasteiger partial charge in [0.05, 0.1) is 31.0 Å². The van der Waals surface area contributed by atoms with E-state index in [1.807, 2.05) is 35.9 Å². The van der Waals surface area contributed by atoms with Crippen molar-refractivity contribution in [2.24, 2.45) is 7.05 Å². The summed E-state index contributed by atoms with van der Waals surface area (Å²) in [5.74, 6) is 0.651. The number of nitrogens with zero attached hydrogens (tertiary/aromatic N) is 6. The number of aryl methyl sites for hydroxylation is 1. The standard InChI is InChI=1S/C25H25F3N8O2/c1-35-14-30-32-20(35)9-24(12-38-13-24)16-4-2-3-15(7-16)22-17-8-19(25(26,27)28)31-18(23(17)34-33-22)10-36-6-5-29-21(37)11-36/h2-4,7-8,14H,5-6,9-13H2,1H3,(H,29,37)(H,33,34). The van der Waals surface area contributed by atoms with Gasteiger partial charge in [-0.2, -0.15) is 18.3 Å². The van der Waals surface area contributed by atoms with Crippen LogP contribution in [-0.2, 0) is 41.1 Å². The van der Waals surface area contributed by atoms with Gasteiger partial charge >= 0.3 is 6.18 Å². The molecule has 13 heteroatoms. The minimum Gasteiger partial charge on any atom is -0.379 e. The van der Waals surface area contributed by atoms with E-state index in [-0.39, 0.29) is 30.1 Å². The average molecular weight is 527 g/mol. The maximum Gasteiger partial charge on any atom is 0.433 e. The molecule has 10 nitrogen and oxygen atoms in total. The SMILES string of the molecule is Cn1cnnc1CC1(c2cccc(-c3n[nH]c4c(CN5CCNC(=O)C5)nc(C(F)(F)F)cc34)c2)COC1. The zero-order valence-electron chi connectivity index (χ0n) is 20.5. The number of hydrogen-bond donors (Lipinski definition) is 2. The number of nitrogens with one attached hydrogen (secondary N) is 2. The van der Waals surface area contributed by atoms with Crippen LogP contribution in [0.3, 0.4) is 0 Å². The molecule has 2 aliphatic rings. The highest BCUT2D eigenvalue weighted by atomic mass is 19.4. The summed E-state index contributed by atoms with van der Waals surface area (Å²) < 4.78 is 49.0. The number of pyridine rings is 1. The Kier molecular flexibility index (Phi) is 5.91. The lowest BCUT2D eigenvalue weighted by Gasteiger charge is -2.41. The van der Waals surface area contributed by atoms with Crippen LogP contribution in [0.4, 0.5) is 13.2 Å². The third-order valence-corrected chi connectivity index (χ3v) is 7.22. The highest BCUT2D eigenvalue weighted by Gasteiger charge is 2.42. The van der Waals surface area contributed by atoms with Crippen LogP contribution in [0.1, 0.15) is 22.8 Å². The Morgan fingerprint density at radius 3 is 2.74 bits per heavy atom. The second-order valence-corrected chi connectivity index (χ2v) is 9.90. The quantitative estimate of drug-likeness (QED) is 0.396. The lowest BCUT2D eigenvalue weighted by molar-refractivity contribution is -0.141. The molecule has 2 fully saturated rings. The van der Waals surface area contributed by atoms with Crippen LogP contribution in [0.25, 0.3) is 22.2 Å². The maximum atomic E-state index is 13.9. The second-order valence-electron chi connectivity index (χ2n) is 9.90. The summed E-state index contributed by atoms with van der Waals surface area (Å²) in [6.07, 6.45) is -2.37. The lowest BCUT2D eigenvalue weighted by atomic mass is 9.75. The van der Waals surface area contributed by atoms with Crippen molar-refractivity contribution in [3.63, 3.8) is 0 Å². The molecule has 1 amide bonds. The molecule has 6 rings (SSSR count). The zero-order valence-corrected chi connectivity index (χ0v) is 20.5. The smallest absolute Gasteiger partial charge is 0.379 e. The van der Waals surface area contributed by atoms with Crippen molar-refractivity contribution in [1.29, 1.82) is 0 Å². The fourth-order valence-corrected chi connectivity index (χ4v) is 5.08. The summed E-state index contributed by atoms with van der Waals surface area (Å²) in [6, 6.07) is 8.69. The predicted octanol–water partition coefficient (Wildman–Crippen LogP) is 2.21. The van der Waals surface area contributed by atoms with Crippen molar-refractivity contribution in [2.75, 3.05) is 32.8 Å². The maximum absolute atomic E-state index is 13.9. The summed E-state index contributed by atoms with van der Waals surface area (Å²) in [5, 5.41) is 18.6. The summed E-state index contributed by atoms with van der Waals surface area (Å²) in [7, 11) is 1.88. The minimum absolute atomic E-state index is 0.0909. The molecule has 2 N–H and O–H groups in total. The van der Waals surface area contributed by atoms with Crippen LogP contribution in [0.2, 0.25) is 0 Å². The van der Waals surface area contributed by atoms with Gasteiger partial charge in [-0.1, -0.05) is 18.2 Å². The number of piperazine rings is 1. The van der Waals surface area contributed by atoms with Gasteiger partial charge in [-0.25, -0.2) is 4.98 Å².